The van der Waals surface area contributed by atoms with E-state index in [1.165, 1.54) is 0 Å². The number of carbonyl (C=O) groups is 1. The maximum atomic E-state index is 12.6. The van der Waals surface area contributed by atoms with Gasteiger partial charge in [-0.15, -0.1) is 0 Å². The molecule has 1 amide bonds. The molecule has 1 aromatic heterocycles. The Morgan fingerprint density at radius 1 is 1.43 bits per heavy atom. The third-order valence-electron chi connectivity index (χ3n) is 3.78. The van der Waals surface area contributed by atoms with Gasteiger partial charge in [-0.2, -0.15) is 5.26 Å². The molecule has 0 saturated carbocycles. The van der Waals surface area contributed by atoms with E-state index in [1.54, 1.807) is 11.0 Å². The molecule has 106 valence electrons. The zero-order valence-electron chi connectivity index (χ0n) is 11.4. The van der Waals surface area contributed by atoms with E-state index in [4.69, 9.17) is 16.9 Å². The van der Waals surface area contributed by atoms with Crippen molar-refractivity contribution in [3.05, 3.63) is 41.0 Å². The average molecular weight is 300 g/mol. The first-order chi connectivity index (χ1) is 10.2. The number of aromatic nitrogens is 1. The van der Waals surface area contributed by atoms with Gasteiger partial charge < -0.3 is 4.90 Å². The molecule has 1 saturated heterocycles. The first kappa shape index (κ1) is 13.8. The van der Waals surface area contributed by atoms with E-state index in [9.17, 15) is 4.79 Å². The molecule has 0 spiro atoms. The molecule has 1 aliphatic heterocycles. The lowest BCUT2D eigenvalue weighted by Gasteiger charge is -2.29. The molecule has 3 rings (SSSR count). The number of piperidine rings is 1. The van der Waals surface area contributed by atoms with E-state index in [-0.39, 0.29) is 11.8 Å². The highest BCUT2D eigenvalue weighted by atomic mass is 35.5. The number of nitrogens with zero attached hydrogens (tertiary/aromatic N) is 3. The van der Waals surface area contributed by atoms with Crippen LogP contribution in [-0.2, 0) is 0 Å². The Balaban J connectivity index is 1.93. The number of carbonyl (C=O) groups excluding carboxylic acids is 1. The van der Waals surface area contributed by atoms with Gasteiger partial charge in [0, 0.05) is 18.5 Å². The Morgan fingerprint density at radius 3 is 3.05 bits per heavy atom. The monoisotopic (exact) mass is 299 g/mol. The number of hydrogen-bond donors (Lipinski definition) is 0. The van der Waals surface area contributed by atoms with Crippen LogP contribution in [0.15, 0.2) is 30.3 Å². The summed E-state index contributed by atoms with van der Waals surface area (Å²) in [4.78, 5) is 18.7. The summed E-state index contributed by atoms with van der Waals surface area (Å²) < 4.78 is 0. The summed E-state index contributed by atoms with van der Waals surface area (Å²) in [5.41, 5.74) is 1.06. The quantitative estimate of drug-likeness (QED) is 0.812. The summed E-state index contributed by atoms with van der Waals surface area (Å²) in [6.45, 7) is 1.14. The summed E-state index contributed by atoms with van der Waals surface area (Å²) >= 11 is 6.24. The SMILES string of the molecule is N#CC1CCCN(C(=O)c2cc(Cl)c3ccccc3n2)C1. The number of pyridine rings is 1. The first-order valence-electron chi connectivity index (χ1n) is 6.93. The number of rotatable bonds is 1. The smallest absolute Gasteiger partial charge is 0.272 e. The fraction of sp³-hybridized carbons (Fsp3) is 0.312. The van der Waals surface area contributed by atoms with Gasteiger partial charge in [0.1, 0.15) is 5.69 Å². The number of nitriles is 1. The minimum atomic E-state index is -0.150. The van der Waals surface area contributed by atoms with Crippen LogP contribution in [0.5, 0.6) is 0 Å². The highest BCUT2D eigenvalue weighted by molar-refractivity contribution is 6.35. The third kappa shape index (κ3) is 2.70. The van der Waals surface area contributed by atoms with Crippen LogP contribution in [0.3, 0.4) is 0 Å². The molecule has 1 fully saturated rings. The van der Waals surface area contributed by atoms with Crippen LogP contribution >= 0.6 is 11.6 Å². The van der Waals surface area contributed by atoms with Crippen LogP contribution in [0.25, 0.3) is 10.9 Å². The van der Waals surface area contributed by atoms with Crippen molar-refractivity contribution >= 4 is 28.4 Å². The van der Waals surface area contributed by atoms with E-state index in [0.717, 1.165) is 18.2 Å². The van der Waals surface area contributed by atoms with Gasteiger partial charge in [0.15, 0.2) is 0 Å². The molecule has 0 bridgehead atoms. The summed E-state index contributed by atoms with van der Waals surface area (Å²) in [6, 6.07) is 11.3. The van der Waals surface area contributed by atoms with E-state index in [0.29, 0.717) is 29.3 Å². The molecule has 0 radical (unpaired) electrons. The first-order valence-corrected chi connectivity index (χ1v) is 7.31. The van der Waals surface area contributed by atoms with Crippen molar-refractivity contribution in [3.63, 3.8) is 0 Å². The number of halogens is 1. The van der Waals surface area contributed by atoms with Crippen LogP contribution in [0.2, 0.25) is 5.02 Å². The second kappa shape index (κ2) is 5.71. The minimum absolute atomic E-state index is 0.0846. The predicted octanol–water partition coefficient (Wildman–Crippen LogP) is 3.26. The zero-order chi connectivity index (χ0) is 14.8. The molecule has 21 heavy (non-hydrogen) atoms. The number of hydrogen-bond acceptors (Lipinski definition) is 3. The van der Waals surface area contributed by atoms with Gasteiger partial charge >= 0.3 is 0 Å². The molecule has 1 aliphatic rings. The minimum Gasteiger partial charge on any atom is -0.336 e. The Kier molecular flexibility index (Phi) is 3.76. The van der Waals surface area contributed by atoms with Crippen LogP contribution in [-0.4, -0.2) is 28.9 Å². The van der Waals surface area contributed by atoms with Crippen molar-refractivity contribution < 1.29 is 4.79 Å². The fourth-order valence-corrected chi connectivity index (χ4v) is 2.93. The van der Waals surface area contributed by atoms with Crippen LogP contribution in [0.4, 0.5) is 0 Å². The lowest BCUT2D eigenvalue weighted by Crippen LogP contribution is -2.39. The number of likely N-dealkylation sites (tertiary alicyclic amines) is 1. The van der Waals surface area contributed by atoms with Gasteiger partial charge in [0.2, 0.25) is 0 Å². The molecular weight excluding hydrogens is 286 g/mol. The molecule has 2 aromatic rings. The molecule has 2 heterocycles. The molecule has 4 nitrogen and oxygen atoms in total. The highest BCUT2D eigenvalue weighted by Gasteiger charge is 2.25. The normalized spacial score (nSPS) is 18.5. The van der Waals surface area contributed by atoms with Crippen molar-refractivity contribution in [1.29, 1.82) is 5.26 Å². The molecule has 0 aliphatic carbocycles. The Hall–Kier alpha value is -2.12. The maximum absolute atomic E-state index is 12.6. The average Bonchev–Trinajstić information content (AvgIpc) is 2.54. The van der Waals surface area contributed by atoms with Crippen LogP contribution < -0.4 is 0 Å². The molecule has 0 N–H and O–H groups in total. The van der Waals surface area contributed by atoms with Crippen LogP contribution in [0, 0.1) is 17.2 Å². The van der Waals surface area contributed by atoms with E-state index >= 15 is 0 Å². The van der Waals surface area contributed by atoms with Gasteiger partial charge in [-0.25, -0.2) is 4.98 Å². The fourth-order valence-electron chi connectivity index (χ4n) is 2.67. The van der Waals surface area contributed by atoms with Gasteiger partial charge in [-0.1, -0.05) is 29.8 Å². The molecular formula is C16H14ClN3O. The van der Waals surface area contributed by atoms with E-state index < -0.39 is 0 Å². The Labute approximate surface area is 127 Å². The predicted molar refractivity (Wildman–Crippen MR) is 81.0 cm³/mol. The van der Waals surface area contributed by atoms with Crippen LogP contribution in [0.1, 0.15) is 23.3 Å². The number of benzene rings is 1. The van der Waals surface area contributed by atoms with Gasteiger partial charge in [-0.3, -0.25) is 4.79 Å². The lowest BCUT2D eigenvalue weighted by atomic mass is 9.99. The summed E-state index contributed by atoms with van der Waals surface area (Å²) in [5.74, 6) is -0.235. The lowest BCUT2D eigenvalue weighted by molar-refractivity contribution is 0.0693. The van der Waals surface area contributed by atoms with Gasteiger partial charge in [0.25, 0.3) is 5.91 Å². The Morgan fingerprint density at radius 2 is 2.24 bits per heavy atom. The van der Waals surface area contributed by atoms with Crippen molar-refractivity contribution in [2.24, 2.45) is 5.92 Å². The van der Waals surface area contributed by atoms with E-state index in [2.05, 4.69) is 11.1 Å². The van der Waals surface area contributed by atoms with Crippen molar-refractivity contribution in [3.8, 4) is 6.07 Å². The third-order valence-corrected chi connectivity index (χ3v) is 4.09. The van der Waals surface area contributed by atoms with E-state index in [1.807, 2.05) is 24.3 Å². The number of fused-ring (bicyclic) bond motifs is 1. The Bertz CT molecular complexity index is 738. The summed E-state index contributed by atoms with van der Waals surface area (Å²) in [6.07, 6.45) is 1.71. The van der Waals surface area contributed by atoms with Crippen molar-refractivity contribution in [2.45, 2.75) is 12.8 Å². The highest BCUT2D eigenvalue weighted by Crippen LogP contribution is 2.24. The maximum Gasteiger partial charge on any atom is 0.272 e. The standard InChI is InChI=1S/C16H14ClN3O/c17-13-8-15(19-14-6-2-1-5-12(13)14)16(21)20-7-3-4-11(9-18)10-20/h1-2,5-6,8,11H,3-4,7,10H2. The second-order valence-electron chi connectivity index (χ2n) is 5.23. The molecule has 1 atom stereocenters. The topological polar surface area (TPSA) is 57.0 Å². The molecule has 5 heteroatoms. The van der Waals surface area contributed by atoms with Gasteiger partial charge in [0.05, 0.1) is 22.5 Å². The largest absolute Gasteiger partial charge is 0.336 e. The van der Waals surface area contributed by atoms with Crippen molar-refractivity contribution in [2.75, 3.05) is 13.1 Å². The summed E-state index contributed by atoms with van der Waals surface area (Å²) in [7, 11) is 0. The summed E-state index contributed by atoms with van der Waals surface area (Å²) in [5, 5.41) is 10.4. The second-order valence-corrected chi connectivity index (χ2v) is 5.63. The molecule has 1 aromatic carbocycles. The van der Waals surface area contributed by atoms with Gasteiger partial charge in [-0.05, 0) is 25.0 Å². The number of amides is 1. The zero-order valence-corrected chi connectivity index (χ0v) is 12.2. The number of para-hydroxylation sites is 1. The van der Waals surface area contributed by atoms with Crippen molar-refractivity contribution in [1.82, 2.24) is 9.88 Å². The molecule has 1 unspecified atom stereocenters.